The van der Waals surface area contributed by atoms with E-state index in [0.29, 0.717) is 59.7 Å². The van der Waals surface area contributed by atoms with Crippen molar-refractivity contribution in [3.63, 3.8) is 0 Å². The molecule has 0 bridgehead atoms. The second-order valence-corrected chi connectivity index (χ2v) is 18.9. The van der Waals surface area contributed by atoms with Gasteiger partial charge < -0.3 is 64.2 Å². The van der Waals surface area contributed by atoms with Gasteiger partial charge in [0.05, 0.1) is 61.2 Å². The molecule has 2 aromatic rings. The minimum absolute atomic E-state index is 0.239. The maximum Gasteiger partial charge on any atom is 0.196 e. The van der Waals surface area contributed by atoms with Gasteiger partial charge in [-0.3, -0.25) is 0 Å². The zero-order chi connectivity index (χ0) is 51.2. The van der Waals surface area contributed by atoms with Crippen molar-refractivity contribution in [1.29, 1.82) is 0 Å². The van der Waals surface area contributed by atoms with Crippen molar-refractivity contribution in [2.45, 2.75) is 188 Å². The van der Waals surface area contributed by atoms with E-state index in [4.69, 9.17) is 38.3 Å². The van der Waals surface area contributed by atoms with E-state index in [-0.39, 0.29) is 13.2 Å². The lowest BCUT2D eigenvalue weighted by atomic mass is 9.90. The summed E-state index contributed by atoms with van der Waals surface area (Å²) in [7, 11) is 6.36. The van der Waals surface area contributed by atoms with Gasteiger partial charge in [-0.15, -0.1) is 10.2 Å². The van der Waals surface area contributed by atoms with Gasteiger partial charge in [0.15, 0.2) is 24.1 Å². The summed E-state index contributed by atoms with van der Waals surface area (Å²) in [5.74, 6) is 5.32. The SMILES string of the molecule is C=C(NC)c1ncn([C@H]2O[C@@H](CO)[C@H](O)[C@H]2OC)n1.C=C(NC)c1ncn([C@H]2O[C@@H](CO)[C@H](OC)[C@@H]2O)n1.CC[C@H]1O[C@@H](C)[C@H](C)[C@@H]1C.CC[C@H]1O[C@@H](C)[C@H](C)[C@@H]1C.CC[C@H]1O[C@@H](C)[C@H](C)[C@@H]1C. The largest absolute Gasteiger partial charge is 0.394 e. The fourth-order valence-corrected chi connectivity index (χ4v) is 9.28. The topological polar surface area (TPSA) is 231 Å². The van der Waals surface area contributed by atoms with Gasteiger partial charge in [0.1, 0.15) is 49.3 Å². The molecule has 5 fully saturated rings. The molecule has 0 spiro atoms. The molecular formula is C49H90N8O11. The van der Waals surface area contributed by atoms with Crippen LogP contribution in [0.2, 0.25) is 0 Å². The summed E-state index contributed by atoms with van der Waals surface area (Å²) in [6.45, 7) is 33.8. The smallest absolute Gasteiger partial charge is 0.196 e. The van der Waals surface area contributed by atoms with Gasteiger partial charge in [0, 0.05) is 28.3 Å². The Kier molecular flexibility index (Phi) is 24.5. The molecule has 5 aliphatic rings. The van der Waals surface area contributed by atoms with Crippen LogP contribution in [0, 0.1) is 35.5 Å². The van der Waals surface area contributed by atoms with Gasteiger partial charge in [0.2, 0.25) is 0 Å². The third kappa shape index (κ3) is 14.5. The van der Waals surface area contributed by atoms with Crippen LogP contribution in [0.4, 0.5) is 0 Å². The summed E-state index contributed by atoms with van der Waals surface area (Å²) in [6, 6.07) is 0. The summed E-state index contributed by atoms with van der Waals surface area (Å²) in [5.41, 5.74) is 1.14. The highest BCUT2D eigenvalue weighted by atomic mass is 16.6. The first-order chi connectivity index (χ1) is 32.2. The highest BCUT2D eigenvalue weighted by molar-refractivity contribution is 5.54. The first-order valence-electron chi connectivity index (χ1n) is 24.7. The predicted octanol–water partition coefficient (Wildman–Crippen LogP) is 4.84. The Balaban J connectivity index is 0.000000233. The average Bonchev–Trinajstić information content (AvgIpc) is 4.24. The lowest BCUT2D eigenvalue weighted by molar-refractivity contribution is -0.0665. The van der Waals surface area contributed by atoms with E-state index in [1.165, 1.54) is 36.2 Å². The highest BCUT2D eigenvalue weighted by Gasteiger charge is 2.46. The molecule has 19 nitrogen and oxygen atoms in total. The summed E-state index contributed by atoms with van der Waals surface area (Å²) in [6.07, 6.45) is 3.64. The Bertz CT molecular complexity index is 1700. The second kappa shape index (κ2) is 28.1. The predicted molar refractivity (Wildman–Crippen MR) is 261 cm³/mol. The van der Waals surface area contributed by atoms with Crippen LogP contribution >= 0.6 is 0 Å². The van der Waals surface area contributed by atoms with E-state index in [2.05, 4.69) is 127 Å². The summed E-state index contributed by atoms with van der Waals surface area (Å²) in [4.78, 5) is 8.15. The maximum absolute atomic E-state index is 10.1. The molecule has 0 saturated carbocycles. The lowest BCUT2D eigenvalue weighted by Gasteiger charge is -2.18. The Labute approximate surface area is 406 Å². The molecule has 5 aliphatic heterocycles. The molecule has 0 aromatic carbocycles. The number of rotatable bonds is 13. The first-order valence-corrected chi connectivity index (χ1v) is 24.7. The number of ether oxygens (including phenoxy) is 7. The van der Waals surface area contributed by atoms with E-state index in [1.54, 1.807) is 14.1 Å². The molecule has 0 amide bonds. The van der Waals surface area contributed by atoms with E-state index >= 15 is 0 Å². The van der Waals surface area contributed by atoms with Gasteiger partial charge >= 0.3 is 0 Å². The highest BCUT2D eigenvalue weighted by Crippen LogP contribution is 2.36. The number of hydrogen-bond donors (Lipinski definition) is 6. The quantitative estimate of drug-likeness (QED) is 0.158. The van der Waals surface area contributed by atoms with Crippen LogP contribution in [0.1, 0.15) is 126 Å². The number of methoxy groups -OCH3 is 2. The standard InChI is InChI=1S/2C11H18N4O4.3C9H18O/c1-6(12-2)10-13-5-15(14-10)11-8(17)9(18-3)7(4-16)19-11;1-6(12-2)10-13-5-15(14-10)11-9(18-3)8(17)7(4-16)19-11;3*1-5-9-7(3)6(2)8(4)10-9/h2*5,7-9,11-12,16-17H,1,4H2,2-3H3;3*6-9H,5H2,1-4H3/t7-,8-,9-,11-;7-,8-,9+,11-;3*6-,7+,8+,9-/m00111/s1. The van der Waals surface area contributed by atoms with Crippen LogP contribution in [-0.2, 0) is 33.2 Å². The fourth-order valence-electron chi connectivity index (χ4n) is 9.28. The molecule has 6 N–H and O–H groups in total. The van der Waals surface area contributed by atoms with Crippen molar-refractivity contribution < 1.29 is 53.6 Å². The second-order valence-electron chi connectivity index (χ2n) is 18.9. The maximum atomic E-state index is 10.1. The van der Waals surface area contributed by atoms with Gasteiger partial charge in [-0.1, -0.05) is 75.5 Å². The number of nitrogens with zero attached hydrogens (tertiary/aromatic N) is 6. The van der Waals surface area contributed by atoms with Crippen LogP contribution < -0.4 is 10.6 Å². The third-order valence-corrected chi connectivity index (χ3v) is 15.1. The van der Waals surface area contributed by atoms with Crippen LogP contribution in [0.5, 0.6) is 0 Å². The fraction of sp³-hybridized carbons (Fsp3) is 0.837. The number of aliphatic hydroxyl groups excluding tert-OH is 4. The molecule has 20 atom stereocenters. The number of hydrogen-bond acceptors (Lipinski definition) is 17. The van der Waals surface area contributed by atoms with E-state index < -0.39 is 49.1 Å². The van der Waals surface area contributed by atoms with Crippen LogP contribution in [-0.4, -0.2) is 165 Å². The van der Waals surface area contributed by atoms with E-state index in [9.17, 15) is 15.3 Å². The molecular weight excluding hydrogens is 877 g/mol. The zero-order valence-corrected chi connectivity index (χ0v) is 44.0. The molecule has 0 unspecified atom stereocenters. The Hall–Kier alpha value is -3.08. The van der Waals surface area contributed by atoms with Gasteiger partial charge in [-0.25, -0.2) is 19.3 Å². The Morgan fingerprint density at radius 1 is 0.544 bits per heavy atom. The molecule has 0 aliphatic carbocycles. The summed E-state index contributed by atoms with van der Waals surface area (Å²) >= 11 is 0. The normalized spacial score (nSPS) is 38.2. The molecule has 0 radical (unpaired) electrons. The van der Waals surface area contributed by atoms with Gasteiger partial charge in [-0.05, 0) is 75.5 Å². The van der Waals surface area contributed by atoms with E-state index in [1.807, 2.05) is 0 Å². The van der Waals surface area contributed by atoms with Crippen molar-refractivity contribution in [2.24, 2.45) is 35.5 Å². The molecule has 7 heterocycles. The monoisotopic (exact) mass is 967 g/mol. The number of aliphatic hydroxyl groups is 4. The van der Waals surface area contributed by atoms with Crippen molar-refractivity contribution >= 4 is 11.4 Å². The molecule has 68 heavy (non-hydrogen) atoms. The molecule has 5 saturated heterocycles. The first kappa shape index (κ1) is 59.2. The lowest BCUT2D eigenvalue weighted by Crippen LogP contribution is -2.35. The van der Waals surface area contributed by atoms with Crippen LogP contribution in [0.15, 0.2) is 25.8 Å². The van der Waals surface area contributed by atoms with Crippen LogP contribution in [0.25, 0.3) is 11.4 Å². The average molecular weight is 967 g/mol. The Morgan fingerprint density at radius 2 is 0.897 bits per heavy atom. The van der Waals surface area contributed by atoms with Crippen molar-refractivity contribution in [3.8, 4) is 0 Å². The molecule has 392 valence electrons. The Morgan fingerprint density at radius 3 is 1.16 bits per heavy atom. The zero-order valence-electron chi connectivity index (χ0n) is 44.0. The van der Waals surface area contributed by atoms with Crippen molar-refractivity contribution in [1.82, 2.24) is 40.2 Å². The molecule has 2 aromatic heterocycles. The van der Waals surface area contributed by atoms with Crippen LogP contribution in [0.3, 0.4) is 0 Å². The van der Waals surface area contributed by atoms with Crippen molar-refractivity contribution in [3.05, 3.63) is 37.5 Å². The number of aromatic nitrogens is 6. The van der Waals surface area contributed by atoms with Gasteiger partial charge in [0.25, 0.3) is 0 Å². The minimum Gasteiger partial charge on any atom is -0.394 e. The van der Waals surface area contributed by atoms with Crippen molar-refractivity contribution in [2.75, 3.05) is 41.5 Å². The molecule has 7 rings (SSSR count). The number of nitrogens with one attached hydrogen (secondary N) is 2. The van der Waals surface area contributed by atoms with E-state index in [0.717, 1.165) is 54.8 Å². The summed E-state index contributed by atoms with van der Waals surface area (Å²) < 4.78 is 41.4. The van der Waals surface area contributed by atoms with Gasteiger partial charge in [-0.2, -0.15) is 0 Å². The minimum atomic E-state index is -0.931. The third-order valence-electron chi connectivity index (χ3n) is 15.1. The molecule has 19 heteroatoms. The summed E-state index contributed by atoms with van der Waals surface area (Å²) in [5, 5.41) is 52.5.